The van der Waals surface area contributed by atoms with Crippen molar-refractivity contribution >= 4 is 0 Å². The van der Waals surface area contributed by atoms with E-state index in [2.05, 4.69) is 6.92 Å². The van der Waals surface area contributed by atoms with Gasteiger partial charge in [-0.3, -0.25) is 0 Å². The summed E-state index contributed by atoms with van der Waals surface area (Å²) in [6, 6.07) is 3.09. The van der Waals surface area contributed by atoms with Crippen LogP contribution in [0.3, 0.4) is 0 Å². The van der Waals surface area contributed by atoms with Crippen molar-refractivity contribution in [1.82, 2.24) is 0 Å². The van der Waals surface area contributed by atoms with Gasteiger partial charge in [0, 0.05) is 11.6 Å². The Kier molecular flexibility index (Phi) is 4.46. The van der Waals surface area contributed by atoms with Gasteiger partial charge in [0.1, 0.15) is 17.7 Å². The minimum Gasteiger partial charge on any atom is -0.490 e. The van der Waals surface area contributed by atoms with Crippen molar-refractivity contribution in [2.45, 2.75) is 58.6 Å². The molecule has 0 aliphatic heterocycles. The monoisotopic (exact) mass is 265 g/mol. The Morgan fingerprint density at radius 2 is 2.00 bits per heavy atom. The summed E-state index contributed by atoms with van der Waals surface area (Å²) in [5, 5.41) is 0. The van der Waals surface area contributed by atoms with E-state index in [-0.39, 0.29) is 18.0 Å². The smallest absolute Gasteiger partial charge is 0.126 e. The third kappa shape index (κ3) is 3.27. The molecular weight excluding hydrogens is 241 g/mol. The standard InChI is InChI=1S/C16H24FNO/c1-10-6-4-5-7-15(10)19-16-8-11(2)14(17)9-13(16)12(3)18/h8-10,12,15H,4-7,18H2,1-3H3. The van der Waals surface area contributed by atoms with Crippen LogP contribution in [0, 0.1) is 18.7 Å². The normalized spacial score (nSPS) is 25.1. The zero-order valence-corrected chi connectivity index (χ0v) is 12.1. The lowest BCUT2D eigenvalue weighted by atomic mass is 9.88. The number of hydrogen-bond donors (Lipinski definition) is 1. The summed E-state index contributed by atoms with van der Waals surface area (Å²) in [7, 11) is 0. The topological polar surface area (TPSA) is 35.2 Å². The van der Waals surface area contributed by atoms with Gasteiger partial charge in [0.05, 0.1) is 0 Å². The van der Waals surface area contributed by atoms with Crippen molar-refractivity contribution in [1.29, 1.82) is 0 Å². The van der Waals surface area contributed by atoms with Crippen LogP contribution in [0.25, 0.3) is 0 Å². The minimum atomic E-state index is -0.219. The molecule has 0 radical (unpaired) electrons. The highest BCUT2D eigenvalue weighted by Crippen LogP contribution is 2.32. The maximum atomic E-state index is 13.7. The summed E-state index contributed by atoms with van der Waals surface area (Å²) >= 11 is 0. The minimum absolute atomic E-state index is 0.212. The summed E-state index contributed by atoms with van der Waals surface area (Å²) < 4.78 is 19.8. The van der Waals surface area contributed by atoms with Gasteiger partial charge in [-0.2, -0.15) is 0 Å². The fourth-order valence-corrected chi connectivity index (χ4v) is 2.75. The number of nitrogens with two attached hydrogens (primary N) is 1. The molecule has 1 aliphatic rings. The first-order valence-corrected chi connectivity index (χ1v) is 7.21. The Balaban J connectivity index is 2.25. The molecule has 1 fully saturated rings. The zero-order chi connectivity index (χ0) is 14.0. The summed E-state index contributed by atoms with van der Waals surface area (Å²) in [5.41, 5.74) is 7.31. The summed E-state index contributed by atoms with van der Waals surface area (Å²) in [5.74, 6) is 1.10. The Hall–Kier alpha value is -1.09. The second kappa shape index (κ2) is 5.91. The van der Waals surface area contributed by atoms with Crippen LogP contribution in [0.2, 0.25) is 0 Å². The van der Waals surface area contributed by atoms with Crippen LogP contribution in [-0.2, 0) is 0 Å². The summed E-state index contributed by atoms with van der Waals surface area (Å²) in [4.78, 5) is 0. The Labute approximate surface area is 115 Å². The van der Waals surface area contributed by atoms with E-state index in [1.807, 2.05) is 6.92 Å². The van der Waals surface area contributed by atoms with Crippen LogP contribution >= 0.6 is 0 Å². The van der Waals surface area contributed by atoms with Gasteiger partial charge >= 0.3 is 0 Å². The van der Waals surface area contributed by atoms with Crippen LogP contribution in [0.15, 0.2) is 12.1 Å². The Morgan fingerprint density at radius 3 is 2.63 bits per heavy atom. The third-order valence-corrected chi connectivity index (χ3v) is 4.09. The van der Waals surface area contributed by atoms with Crippen LogP contribution in [0.1, 0.15) is 56.7 Å². The number of benzene rings is 1. The van der Waals surface area contributed by atoms with Gasteiger partial charge in [-0.25, -0.2) is 4.39 Å². The molecule has 0 heterocycles. The molecule has 106 valence electrons. The van der Waals surface area contributed by atoms with Crippen LogP contribution in [-0.4, -0.2) is 6.10 Å². The van der Waals surface area contributed by atoms with E-state index >= 15 is 0 Å². The molecule has 1 saturated carbocycles. The molecule has 2 N–H and O–H groups in total. The average molecular weight is 265 g/mol. The molecule has 3 heteroatoms. The Morgan fingerprint density at radius 1 is 1.32 bits per heavy atom. The lowest BCUT2D eigenvalue weighted by Gasteiger charge is -2.30. The predicted molar refractivity (Wildman–Crippen MR) is 75.8 cm³/mol. The maximum absolute atomic E-state index is 13.7. The molecule has 0 saturated heterocycles. The molecule has 1 aliphatic carbocycles. The number of hydrogen-bond acceptors (Lipinski definition) is 2. The second-order valence-electron chi connectivity index (χ2n) is 5.85. The van der Waals surface area contributed by atoms with Crippen molar-refractivity contribution in [3.8, 4) is 5.75 Å². The van der Waals surface area contributed by atoms with Crippen LogP contribution in [0.5, 0.6) is 5.75 Å². The van der Waals surface area contributed by atoms with Crippen molar-refractivity contribution in [3.05, 3.63) is 29.1 Å². The molecule has 2 nitrogen and oxygen atoms in total. The molecule has 3 atom stereocenters. The van der Waals surface area contributed by atoms with Gasteiger partial charge in [0.25, 0.3) is 0 Å². The van der Waals surface area contributed by atoms with Gasteiger partial charge in [-0.1, -0.05) is 13.3 Å². The number of halogens is 1. The van der Waals surface area contributed by atoms with E-state index < -0.39 is 0 Å². The Bertz CT molecular complexity index is 445. The number of ether oxygens (including phenoxy) is 1. The largest absolute Gasteiger partial charge is 0.490 e. The highest BCUT2D eigenvalue weighted by Gasteiger charge is 2.24. The second-order valence-corrected chi connectivity index (χ2v) is 5.85. The van der Waals surface area contributed by atoms with Gasteiger partial charge in [0.2, 0.25) is 0 Å². The third-order valence-electron chi connectivity index (χ3n) is 4.09. The molecule has 19 heavy (non-hydrogen) atoms. The first-order chi connectivity index (χ1) is 8.99. The fraction of sp³-hybridized carbons (Fsp3) is 0.625. The SMILES string of the molecule is Cc1cc(OC2CCCCC2C)c(C(C)N)cc1F. The number of rotatable bonds is 3. The molecule has 2 rings (SSSR count). The van der Waals surface area contributed by atoms with E-state index in [1.54, 1.807) is 13.0 Å². The molecule has 1 aromatic carbocycles. The summed E-state index contributed by atoms with van der Waals surface area (Å²) in [6.45, 7) is 5.85. The van der Waals surface area contributed by atoms with Crippen LogP contribution in [0.4, 0.5) is 4.39 Å². The molecule has 0 aromatic heterocycles. The highest BCUT2D eigenvalue weighted by molar-refractivity contribution is 5.40. The van der Waals surface area contributed by atoms with Crippen molar-refractivity contribution in [2.24, 2.45) is 11.7 Å². The first-order valence-electron chi connectivity index (χ1n) is 7.21. The highest BCUT2D eigenvalue weighted by atomic mass is 19.1. The zero-order valence-electron chi connectivity index (χ0n) is 12.1. The van der Waals surface area contributed by atoms with E-state index in [0.29, 0.717) is 11.5 Å². The van der Waals surface area contributed by atoms with E-state index in [4.69, 9.17) is 10.5 Å². The molecule has 1 aromatic rings. The molecule has 0 spiro atoms. The molecular formula is C16H24FNO. The van der Waals surface area contributed by atoms with Crippen molar-refractivity contribution < 1.29 is 9.13 Å². The van der Waals surface area contributed by atoms with Gasteiger partial charge in [-0.15, -0.1) is 0 Å². The summed E-state index contributed by atoms with van der Waals surface area (Å²) in [6.07, 6.45) is 5.01. The first kappa shape index (κ1) is 14.3. The van der Waals surface area contributed by atoms with Gasteiger partial charge in [-0.05, 0) is 56.7 Å². The fourth-order valence-electron chi connectivity index (χ4n) is 2.75. The van der Waals surface area contributed by atoms with Crippen LogP contribution < -0.4 is 10.5 Å². The van der Waals surface area contributed by atoms with E-state index in [1.165, 1.54) is 25.3 Å². The average Bonchev–Trinajstić information content (AvgIpc) is 2.36. The quantitative estimate of drug-likeness (QED) is 0.892. The molecule has 0 bridgehead atoms. The van der Waals surface area contributed by atoms with E-state index in [0.717, 1.165) is 17.7 Å². The lowest BCUT2D eigenvalue weighted by molar-refractivity contribution is 0.101. The van der Waals surface area contributed by atoms with Crippen molar-refractivity contribution in [3.63, 3.8) is 0 Å². The molecule has 3 unspecified atom stereocenters. The maximum Gasteiger partial charge on any atom is 0.126 e. The van der Waals surface area contributed by atoms with Gasteiger partial charge in [0.15, 0.2) is 0 Å². The molecule has 0 amide bonds. The van der Waals surface area contributed by atoms with Crippen molar-refractivity contribution in [2.75, 3.05) is 0 Å². The van der Waals surface area contributed by atoms with E-state index in [9.17, 15) is 4.39 Å². The lowest BCUT2D eigenvalue weighted by Crippen LogP contribution is -2.29. The predicted octanol–water partition coefficient (Wildman–Crippen LogP) is 4.11. The number of aryl methyl sites for hydroxylation is 1. The van der Waals surface area contributed by atoms with Gasteiger partial charge < -0.3 is 10.5 Å².